The average molecular weight is 301 g/mol. The number of imidazole rings is 1. The molecule has 116 valence electrons. The van der Waals surface area contributed by atoms with Gasteiger partial charge in [-0.2, -0.15) is 0 Å². The first-order valence-electron chi connectivity index (χ1n) is 7.24. The van der Waals surface area contributed by atoms with Gasteiger partial charge in [0.15, 0.2) is 6.61 Å². The van der Waals surface area contributed by atoms with Gasteiger partial charge in [-0.3, -0.25) is 14.7 Å². The van der Waals surface area contributed by atoms with Crippen molar-refractivity contribution in [3.63, 3.8) is 0 Å². The predicted molar refractivity (Wildman–Crippen MR) is 80.3 cm³/mol. The van der Waals surface area contributed by atoms with Crippen LogP contribution < -0.4 is 4.74 Å². The summed E-state index contributed by atoms with van der Waals surface area (Å²) in [5.41, 5.74) is 0. The molecule has 1 atom stereocenters. The lowest BCUT2D eigenvalue weighted by Gasteiger charge is -2.38. The van der Waals surface area contributed by atoms with E-state index in [0.717, 1.165) is 12.4 Å². The highest BCUT2D eigenvalue weighted by atomic mass is 16.5. The SMILES string of the molecule is CN1CCN(C(=O)COc2cccnc2)CC1c1ncc[nH]1. The molecule has 1 fully saturated rings. The molecule has 22 heavy (non-hydrogen) atoms. The number of aromatic amines is 1. The Bertz CT molecular complexity index is 602. The summed E-state index contributed by atoms with van der Waals surface area (Å²) in [7, 11) is 2.04. The number of carbonyl (C=O) groups excluding carboxylic acids is 1. The Morgan fingerprint density at radius 3 is 3.09 bits per heavy atom. The Kier molecular flexibility index (Phi) is 4.34. The van der Waals surface area contributed by atoms with Gasteiger partial charge in [-0.15, -0.1) is 0 Å². The van der Waals surface area contributed by atoms with Gasteiger partial charge in [0, 0.05) is 38.2 Å². The maximum atomic E-state index is 12.3. The molecule has 1 unspecified atom stereocenters. The number of hydrogen-bond acceptors (Lipinski definition) is 5. The largest absolute Gasteiger partial charge is 0.482 e. The molecule has 3 heterocycles. The van der Waals surface area contributed by atoms with E-state index in [9.17, 15) is 4.79 Å². The number of carbonyl (C=O) groups is 1. The zero-order chi connectivity index (χ0) is 15.4. The van der Waals surface area contributed by atoms with Crippen molar-refractivity contribution in [2.24, 2.45) is 0 Å². The van der Waals surface area contributed by atoms with E-state index in [2.05, 4.69) is 19.9 Å². The third kappa shape index (κ3) is 3.25. The molecule has 0 bridgehead atoms. The predicted octanol–water partition coefficient (Wildman–Crippen LogP) is 0.699. The van der Waals surface area contributed by atoms with Gasteiger partial charge >= 0.3 is 0 Å². The second kappa shape index (κ2) is 6.57. The molecular weight excluding hydrogens is 282 g/mol. The van der Waals surface area contributed by atoms with Crippen molar-refractivity contribution in [2.75, 3.05) is 33.3 Å². The van der Waals surface area contributed by atoms with E-state index in [4.69, 9.17) is 4.74 Å². The molecule has 0 radical (unpaired) electrons. The summed E-state index contributed by atoms with van der Waals surface area (Å²) in [5, 5.41) is 0. The molecule has 0 spiro atoms. The summed E-state index contributed by atoms with van der Waals surface area (Å²) in [6.45, 7) is 2.15. The van der Waals surface area contributed by atoms with Crippen LogP contribution in [0, 0.1) is 0 Å². The minimum atomic E-state index is -0.0199. The van der Waals surface area contributed by atoms with Gasteiger partial charge in [-0.05, 0) is 19.2 Å². The number of aromatic nitrogens is 3. The normalized spacial score (nSPS) is 19.1. The second-order valence-electron chi connectivity index (χ2n) is 5.29. The highest BCUT2D eigenvalue weighted by molar-refractivity contribution is 5.78. The van der Waals surface area contributed by atoms with Crippen molar-refractivity contribution < 1.29 is 9.53 Å². The van der Waals surface area contributed by atoms with Crippen molar-refractivity contribution in [1.82, 2.24) is 24.8 Å². The molecule has 0 aromatic carbocycles. The zero-order valence-corrected chi connectivity index (χ0v) is 12.5. The fourth-order valence-corrected chi connectivity index (χ4v) is 2.52. The Balaban J connectivity index is 1.58. The molecule has 1 N–H and O–H groups in total. The van der Waals surface area contributed by atoms with Crippen LogP contribution in [0.1, 0.15) is 11.9 Å². The summed E-state index contributed by atoms with van der Waals surface area (Å²) in [4.78, 5) is 27.7. The highest BCUT2D eigenvalue weighted by Crippen LogP contribution is 2.21. The molecule has 1 saturated heterocycles. The lowest BCUT2D eigenvalue weighted by Crippen LogP contribution is -2.50. The summed E-state index contributed by atoms with van der Waals surface area (Å²) >= 11 is 0. The fraction of sp³-hybridized carbons (Fsp3) is 0.400. The van der Waals surface area contributed by atoms with Gasteiger partial charge in [0.05, 0.1) is 12.2 Å². The Labute approximate surface area is 128 Å². The topological polar surface area (TPSA) is 74.3 Å². The number of ether oxygens (including phenoxy) is 1. The molecule has 7 nitrogen and oxygen atoms in total. The van der Waals surface area contributed by atoms with E-state index >= 15 is 0 Å². The Morgan fingerprint density at radius 1 is 1.45 bits per heavy atom. The smallest absolute Gasteiger partial charge is 0.260 e. The Hall–Kier alpha value is -2.41. The van der Waals surface area contributed by atoms with Crippen molar-refractivity contribution in [3.05, 3.63) is 42.7 Å². The minimum absolute atomic E-state index is 0.0199. The molecule has 2 aromatic heterocycles. The number of hydrogen-bond donors (Lipinski definition) is 1. The van der Waals surface area contributed by atoms with Crippen LogP contribution >= 0.6 is 0 Å². The van der Waals surface area contributed by atoms with E-state index in [1.54, 1.807) is 36.9 Å². The van der Waals surface area contributed by atoms with Crippen molar-refractivity contribution in [3.8, 4) is 5.75 Å². The first-order chi connectivity index (χ1) is 10.7. The van der Waals surface area contributed by atoms with Crippen LogP contribution in [-0.4, -0.2) is 63.9 Å². The first kappa shape index (κ1) is 14.5. The van der Waals surface area contributed by atoms with E-state index in [1.807, 2.05) is 11.9 Å². The van der Waals surface area contributed by atoms with Gasteiger partial charge < -0.3 is 14.6 Å². The van der Waals surface area contributed by atoms with Gasteiger partial charge in [-0.1, -0.05) is 0 Å². The van der Waals surface area contributed by atoms with E-state index in [0.29, 0.717) is 18.8 Å². The number of pyridine rings is 1. The monoisotopic (exact) mass is 301 g/mol. The quantitative estimate of drug-likeness (QED) is 0.900. The summed E-state index contributed by atoms with van der Waals surface area (Å²) in [5.74, 6) is 1.47. The number of amides is 1. The molecule has 0 aliphatic carbocycles. The van der Waals surface area contributed by atoms with Gasteiger partial charge in [0.2, 0.25) is 0 Å². The lowest BCUT2D eigenvalue weighted by atomic mass is 10.1. The second-order valence-corrected chi connectivity index (χ2v) is 5.29. The third-order valence-corrected chi connectivity index (χ3v) is 3.83. The maximum absolute atomic E-state index is 12.3. The fourth-order valence-electron chi connectivity index (χ4n) is 2.52. The number of rotatable bonds is 4. The summed E-state index contributed by atoms with van der Waals surface area (Å²) < 4.78 is 5.48. The standard InChI is InChI=1S/C15H19N5O2/c1-19-7-8-20(10-13(19)15-17-5-6-18-15)14(21)11-22-12-3-2-4-16-9-12/h2-6,9,13H,7-8,10-11H2,1H3,(H,17,18). The molecule has 1 aliphatic rings. The van der Waals surface area contributed by atoms with Gasteiger partial charge in [0.1, 0.15) is 11.6 Å². The van der Waals surface area contributed by atoms with Crippen LogP contribution in [-0.2, 0) is 4.79 Å². The average Bonchev–Trinajstić information content (AvgIpc) is 3.08. The summed E-state index contributed by atoms with van der Waals surface area (Å²) in [6, 6.07) is 3.66. The van der Waals surface area contributed by atoms with Crippen LogP contribution in [0.25, 0.3) is 0 Å². The number of nitrogens with zero attached hydrogens (tertiary/aromatic N) is 4. The molecule has 1 amide bonds. The highest BCUT2D eigenvalue weighted by Gasteiger charge is 2.29. The van der Waals surface area contributed by atoms with Crippen LogP contribution in [0.3, 0.4) is 0 Å². The first-order valence-corrected chi connectivity index (χ1v) is 7.24. The molecule has 1 aliphatic heterocycles. The Morgan fingerprint density at radius 2 is 2.36 bits per heavy atom. The lowest BCUT2D eigenvalue weighted by molar-refractivity contribution is -0.136. The van der Waals surface area contributed by atoms with Crippen LogP contribution in [0.4, 0.5) is 0 Å². The van der Waals surface area contributed by atoms with Crippen LogP contribution in [0.2, 0.25) is 0 Å². The zero-order valence-electron chi connectivity index (χ0n) is 12.5. The summed E-state index contributed by atoms with van der Waals surface area (Å²) in [6.07, 6.45) is 6.80. The van der Waals surface area contributed by atoms with E-state index in [-0.39, 0.29) is 18.6 Å². The van der Waals surface area contributed by atoms with Crippen LogP contribution in [0.15, 0.2) is 36.9 Å². The van der Waals surface area contributed by atoms with E-state index in [1.165, 1.54) is 0 Å². The van der Waals surface area contributed by atoms with Crippen LogP contribution in [0.5, 0.6) is 5.75 Å². The molecular formula is C15H19N5O2. The minimum Gasteiger partial charge on any atom is -0.482 e. The van der Waals surface area contributed by atoms with Gasteiger partial charge in [-0.25, -0.2) is 4.98 Å². The van der Waals surface area contributed by atoms with Gasteiger partial charge in [0.25, 0.3) is 5.91 Å². The molecule has 3 rings (SSSR count). The number of nitrogens with one attached hydrogen (secondary N) is 1. The third-order valence-electron chi connectivity index (χ3n) is 3.83. The molecule has 2 aromatic rings. The molecule has 7 heteroatoms. The van der Waals surface area contributed by atoms with Crippen molar-refractivity contribution in [2.45, 2.75) is 6.04 Å². The number of likely N-dealkylation sites (N-methyl/N-ethyl adjacent to an activating group) is 1. The van der Waals surface area contributed by atoms with Crippen molar-refractivity contribution in [1.29, 1.82) is 0 Å². The van der Waals surface area contributed by atoms with Crippen molar-refractivity contribution >= 4 is 5.91 Å². The number of piperazine rings is 1. The van der Waals surface area contributed by atoms with E-state index < -0.39 is 0 Å². The molecule has 0 saturated carbocycles. The number of H-pyrrole nitrogens is 1. The maximum Gasteiger partial charge on any atom is 0.260 e.